The van der Waals surface area contributed by atoms with E-state index in [-0.39, 0.29) is 5.25 Å². The highest BCUT2D eigenvalue weighted by Gasteiger charge is 2.34. The molecule has 2 unspecified atom stereocenters. The molecule has 0 saturated carbocycles. The normalized spacial score (nSPS) is 15.7. The molecule has 0 amide bonds. The molecule has 2 atom stereocenters. The quantitative estimate of drug-likeness (QED) is 0.562. The van der Waals surface area contributed by atoms with E-state index in [9.17, 15) is 9.90 Å². The third-order valence-electron chi connectivity index (χ3n) is 2.78. The van der Waals surface area contributed by atoms with Crippen molar-refractivity contribution in [2.75, 3.05) is 6.54 Å². The minimum absolute atomic E-state index is 0.118. The van der Waals surface area contributed by atoms with E-state index in [0.29, 0.717) is 18.1 Å². The van der Waals surface area contributed by atoms with E-state index in [4.69, 9.17) is 0 Å². The van der Waals surface area contributed by atoms with Crippen LogP contribution in [0.15, 0.2) is 23.6 Å². The lowest BCUT2D eigenvalue weighted by atomic mass is 9.96. The number of carbonyl (C=O) groups is 1. The Morgan fingerprint density at radius 1 is 1.53 bits per heavy atom. The first kappa shape index (κ1) is 15.9. The molecule has 5 nitrogen and oxygen atoms in total. The van der Waals surface area contributed by atoms with Crippen molar-refractivity contribution in [1.29, 1.82) is 0 Å². The Kier molecular flexibility index (Phi) is 6.24. The van der Waals surface area contributed by atoms with Gasteiger partial charge in [0.1, 0.15) is 5.54 Å². The topological polar surface area (TPSA) is 75.1 Å². The number of hydrogen-bond acceptors (Lipinski definition) is 5. The molecule has 0 aliphatic carbocycles. The van der Waals surface area contributed by atoms with Gasteiger partial charge in [-0.1, -0.05) is 25.6 Å². The van der Waals surface area contributed by atoms with Crippen molar-refractivity contribution in [1.82, 2.24) is 15.3 Å². The number of hydrogen-bond donors (Lipinski definition) is 2. The number of nitrogens with zero attached hydrogens (tertiary/aromatic N) is 2. The highest BCUT2D eigenvalue weighted by Crippen LogP contribution is 2.26. The third kappa shape index (κ3) is 5.16. The summed E-state index contributed by atoms with van der Waals surface area (Å²) in [5, 5.41) is 13.3. The summed E-state index contributed by atoms with van der Waals surface area (Å²) in [6, 6.07) is 1.76. The van der Waals surface area contributed by atoms with Crippen molar-refractivity contribution in [3.63, 3.8) is 0 Å². The molecule has 106 valence electrons. The molecule has 1 aromatic heterocycles. The van der Waals surface area contributed by atoms with Crippen molar-refractivity contribution in [2.45, 2.75) is 49.6 Å². The lowest BCUT2D eigenvalue weighted by molar-refractivity contribution is -0.144. The Morgan fingerprint density at radius 3 is 2.68 bits per heavy atom. The second kappa shape index (κ2) is 7.45. The maximum Gasteiger partial charge on any atom is 0.323 e. The van der Waals surface area contributed by atoms with E-state index >= 15 is 0 Å². The first-order valence-corrected chi connectivity index (χ1v) is 7.28. The molecule has 0 radical (unpaired) electrons. The minimum atomic E-state index is -0.906. The highest BCUT2D eigenvalue weighted by molar-refractivity contribution is 7.99. The van der Waals surface area contributed by atoms with Crippen LogP contribution in [0.3, 0.4) is 0 Å². The zero-order chi connectivity index (χ0) is 14.3. The van der Waals surface area contributed by atoms with E-state index < -0.39 is 11.5 Å². The summed E-state index contributed by atoms with van der Waals surface area (Å²) in [4.78, 5) is 19.7. The van der Waals surface area contributed by atoms with Gasteiger partial charge in [-0.05, 0) is 32.4 Å². The SMILES string of the molecule is CCCNC(C)(CC(C)Sc1ncccn1)C(=O)O. The Hall–Kier alpha value is -1.14. The van der Waals surface area contributed by atoms with Gasteiger partial charge in [-0.2, -0.15) is 0 Å². The number of nitrogens with one attached hydrogen (secondary N) is 1. The van der Waals surface area contributed by atoms with Crippen LogP contribution in [0.25, 0.3) is 0 Å². The second-order valence-corrected chi connectivity index (χ2v) is 6.13. The molecule has 1 aromatic rings. The van der Waals surface area contributed by atoms with Crippen LogP contribution >= 0.6 is 11.8 Å². The fourth-order valence-electron chi connectivity index (χ4n) is 1.78. The average molecular weight is 283 g/mol. The van der Waals surface area contributed by atoms with E-state index in [1.54, 1.807) is 25.4 Å². The van der Waals surface area contributed by atoms with E-state index in [0.717, 1.165) is 6.42 Å². The summed E-state index contributed by atoms with van der Waals surface area (Å²) in [6.07, 6.45) is 4.80. The van der Waals surface area contributed by atoms with Crippen LogP contribution in [-0.2, 0) is 4.79 Å². The molecule has 0 bridgehead atoms. The summed E-state index contributed by atoms with van der Waals surface area (Å²) in [5.74, 6) is -0.817. The second-order valence-electron chi connectivity index (χ2n) is 4.73. The zero-order valence-corrected chi connectivity index (χ0v) is 12.4. The van der Waals surface area contributed by atoms with Crippen LogP contribution in [-0.4, -0.2) is 38.4 Å². The van der Waals surface area contributed by atoms with Gasteiger partial charge in [0.05, 0.1) is 0 Å². The highest BCUT2D eigenvalue weighted by atomic mass is 32.2. The smallest absolute Gasteiger partial charge is 0.323 e. The number of aromatic nitrogens is 2. The van der Waals surface area contributed by atoms with Gasteiger partial charge < -0.3 is 10.4 Å². The largest absolute Gasteiger partial charge is 0.480 e. The number of carboxylic acids is 1. The predicted molar refractivity (Wildman–Crippen MR) is 76.3 cm³/mol. The molecule has 0 aliphatic heterocycles. The monoisotopic (exact) mass is 283 g/mol. The van der Waals surface area contributed by atoms with Gasteiger partial charge in [-0.15, -0.1) is 0 Å². The number of carboxylic acid groups (broad SMARTS) is 1. The molecule has 19 heavy (non-hydrogen) atoms. The van der Waals surface area contributed by atoms with E-state index in [2.05, 4.69) is 15.3 Å². The molecule has 1 rings (SSSR count). The van der Waals surface area contributed by atoms with Gasteiger partial charge in [0.2, 0.25) is 0 Å². The van der Waals surface area contributed by atoms with E-state index in [1.807, 2.05) is 13.8 Å². The molecule has 0 spiro atoms. The molecule has 0 fully saturated rings. The Morgan fingerprint density at radius 2 is 2.16 bits per heavy atom. The van der Waals surface area contributed by atoms with Gasteiger partial charge in [0, 0.05) is 17.6 Å². The van der Waals surface area contributed by atoms with Crippen molar-refractivity contribution >= 4 is 17.7 Å². The van der Waals surface area contributed by atoms with Gasteiger partial charge in [-0.3, -0.25) is 4.79 Å². The molecule has 1 heterocycles. The van der Waals surface area contributed by atoms with Gasteiger partial charge >= 0.3 is 5.97 Å². The van der Waals surface area contributed by atoms with Crippen molar-refractivity contribution in [3.05, 3.63) is 18.5 Å². The molecular formula is C13H21N3O2S. The van der Waals surface area contributed by atoms with Crippen LogP contribution in [0.2, 0.25) is 0 Å². The summed E-state index contributed by atoms with van der Waals surface area (Å²) in [7, 11) is 0. The molecular weight excluding hydrogens is 262 g/mol. The maximum atomic E-state index is 11.4. The lowest BCUT2D eigenvalue weighted by Crippen LogP contribution is -2.51. The fraction of sp³-hybridized carbons (Fsp3) is 0.615. The third-order valence-corrected chi connectivity index (χ3v) is 3.77. The van der Waals surface area contributed by atoms with Crippen LogP contribution in [0.1, 0.15) is 33.6 Å². The summed E-state index contributed by atoms with van der Waals surface area (Å²) >= 11 is 1.50. The molecule has 0 aliphatic rings. The fourth-order valence-corrected chi connectivity index (χ4v) is 2.80. The molecule has 6 heteroatoms. The average Bonchev–Trinajstić information content (AvgIpc) is 2.37. The first-order chi connectivity index (χ1) is 8.98. The Bertz CT molecular complexity index is 402. The van der Waals surface area contributed by atoms with Crippen LogP contribution in [0, 0.1) is 0 Å². The van der Waals surface area contributed by atoms with Crippen LogP contribution < -0.4 is 5.32 Å². The Balaban J connectivity index is 2.61. The molecule has 0 aromatic carbocycles. The number of thioether (sulfide) groups is 1. The summed E-state index contributed by atoms with van der Waals surface area (Å²) < 4.78 is 0. The predicted octanol–water partition coefficient (Wildman–Crippen LogP) is 2.19. The van der Waals surface area contributed by atoms with Crippen molar-refractivity contribution in [3.8, 4) is 0 Å². The Labute approximate surface area is 118 Å². The van der Waals surface area contributed by atoms with Crippen LogP contribution in [0.4, 0.5) is 0 Å². The number of aliphatic carboxylic acids is 1. The molecule has 0 saturated heterocycles. The summed E-state index contributed by atoms with van der Waals surface area (Å²) in [5.41, 5.74) is -0.906. The zero-order valence-electron chi connectivity index (χ0n) is 11.6. The van der Waals surface area contributed by atoms with E-state index in [1.165, 1.54) is 11.8 Å². The van der Waals surface area contributed by atoms with Gasteiger partial charge in [0.25, 0.3) is 0 Å². The minimum Gasteiger partial charge on any atom is -0.480 e. The van der Waals surface area contributed by atoms with Crippen molar-refractivity contribution in [2.24, 2.45) is 0 Å². The van der Waals surface area contributed by atoms with Gasteiger partial charge in [0.15, 0.2) is 5.16 Å². The first-order valence-electron chi connectivity index (χ1n) is 6.40. The number of rotatable bonds is 8. The van der Waals surface area contributed by atoms with Gasteiger partial charge in [-0.25, -0.2) is 9.97 Å². The lowest BCUT2D eigenvalue weighted by Gasteiger charge is -2.28. The summed E-state index contributed by atoms with van der Waals surface area (Å²) in [6.45, 7) is 6.44. The molecule has 2 N–H and O–H groups in total. The van der Waals surface area contributed by atoms with Crippen LogP contribution in [0.5, 0.6) is 0 Å². The standard InChI is InChI=1S/C13H21N3O2S/c1-4-6-16-13(3,11(17)18)9-10(2)19-12-14-7-5-8-15-12/h5,7-8,10,16H,4,6,9H2,1-3H3,(H,17,18). The van der Waals surface area contributed by atoms with Crippen molar-refractivity contribution < 1.29 is 9.90 Å². The maximum absolute atomic E-state index is 11.4.